The molecule has 0 unspecified atom stereocenters. The van der Waals surface area contributed by atoms with Gasteiger partial charge in [-0.25, -0.2) is 4.98 Å². The molecule has 0 atom stereocenters. The molecule has 16 heavy (non-hydrogen) atoms. The standard InChI is InChI=1S/C12H18N2OS/c1-8(2)12-14-10(7-16-12)11(15)13-9-5-3-4-6-9/h7-9H,3-6H2,1-2H3,(H,13,15). The molecule has 0 aromatic carbocycles. The predicted molar refractivity (Wildman–Crippen MR) is 65.9 cm³/mol. The van der Waals surface area contributed by atoms with Crippen molar-refractivity contribution < 1.29 is 4.79 Å². The summed E-state index contributed by atoms with van der Waals surface area (Å²) in [6.07, 6.45) is 4.71. The molecule has 0 aliphatic heterocycles. The molecule has 1 aliphatic carbocycles. The van der Waals surface area contributed by atoms with Crippen molar-refractivity contribution in [1.82, 2.24) is 10.3 Å². The second kappa shape index (κ2) is 4.95. The molecule has 1 fully saturated rings. The van der Waals surface area contributed by atoms with E-state index in [4.69, 9.17) is 0 Å². The van der Waals surface area contributed by atoms with E-state index in [0.29, 0.717) is 17.7 Å². The van der Waals surface area contributed by atoms with E-state index in [2.05, 4.69) is 24.1 Å². The first-order chi connectivity index (χ1) is 7.66. The van der Waals surface area contributed by atoms with E-state index in [-0.39, 0.29) is 5.91 Å². The normalized spacial score (nSPS) is 16.9. The van der Waals surface area contributed by atoms with Crippen LogP contribution in [0.3, 0.4) is 0 Å². The summed E-state index contributed by atoms with van der Waals surface area (Å²) < 4.78 is 0. The van der Waals surface area contributed by atoms with Gasteiger partial charge in [-0.15, -0.1) is 11.3 Å². The number of carbonyl (C=O) groups excluding carboxylic acids is 1. The Morgan fingerprint density at radius 1 is 1.50 bits per heavy atom. The zero-order valence-electron chi connectivity index (χ0n) is 9.82. The fourth-order valence-corrected chi connectivity index (χ4v) is 2.80. The number of nitrogens with one attached hydrogen (secondary N) is 1. The SMILES string of the molecule is CC(C)c1nc(C(=O)NC2CCCC2)cs1. The average molecular weight is 238 g/mol. The lowest BCUT2D eigenvalue weighted by atomic mass is 10.2. The van der Waals surface area contributed by atoms with Gasteiger partial charge in [0.05, 0.1) is 5.01 Å². The fourth-order valence-electron chi connectivity index (χ4n) is 1.99. The molecule has 1 aromatic heterocycles. The first-order valence-corrected chi connectivity index (χ1v) is 6.81. The summed E-state index contributed by atoms with van der Waals surface area (Å²) in [5.74, 6) is 0.396. The molecule has 1 aromatic rings. The van der Waals surface area contributed by atoms with Gasteiger partial charge in [-0.2, -0.15) is 0 Å². The summed E-state index contributed by atoms with van der Waals surface area (Å²) in [5, 5.41) is 5.95. The van der Waals surface area contributed by atoms with Gasteiger partial charge in [-0.3, -0.25) is 4.79 Å². The Kier molecular flexibility index (Phi) is 3.59. The van der Waals surface area contributed by atoms with Crippen LogP contribution in [0.4, 0.5) is 0 Å². The fraction of sp³-hybridized carbons (Fsp3) is 0.667. The van der Waals surface area contributed by atoms with Crippen LogP contribution >= 0.6 is 11.3 Å². The summed E-state index contributed by atoms with van der Waals surface area (Å²) in [7, 11) is 0. The Labute approximate surface area is 100 Å². The van der Waals surface area contributed by atoms with Crippen molar-refractivity contribution in [3.8, 4) is 0 Å². The minimum atomic E-state index is -0.00458. The number of aromatic nitrogens is 1. The molecule has 3 nitrogen and oxygen atoms in total. The van der Waals surface area contributed by atoms with Gasteiger partial charge in [0.15, 0.2) is 0 Å². The summed E-state index contributed by atoms with van der Waals surface area (Å²) in [6, 6.07) is 0.372. The van der Waals surface area contributed by atoms with E-state index < -0.39 is 0 Å². The van der Waals surface area contributed by atoms with E-state index in [9.17, 15) is 4.79 Å². The molecule has 0 bridgehead atoms. The first-order valence-electron chi connectivity index (χ1n) is 5.93. The monoisotopic (exact) mass is 238 g/mol. The molecule has 0 radical (unpaired) electrons. The van der Waals surface area contributed by atoms with Crippen LogP contribution in [0.1, 0.15) is 60.9 Å². The molecule has 1 aliphatic rings. The van der Waals surface area contributed by atoms with Crippen LogP contribution in [-0.4, -0.2) is 16.9 Å². The molecule has 2 rings (SSSR count). The third-order valence-electron chi connectivity index (χ3n) is 2.94. The second-order valence-electron chi connectivity index (χ2n) is 4.68. The molecular formula is C12H18N2OS. The number of hydrogen-bond donors (Lipinski definition) is 1. The summed E-state index contributed by atoms with van der Waals surface area (Å²) >= 11 is 1.57. The second-order valence-corrected chi connectivity index (χ2v) is 5.57. The Morgan fingerprint density at radius 2 is 2.19 bits per heavy atom. The highest BCUT2D eigenvalue weighted by atomic mass is 32.1. The molecule has 1 N–H and O–H groups in total. The van der Waals surface area contributed by atoms with E-state index in [1.165, 1.54) is 12.8 Å². The maximum absolute atomic E-state index is 11.9. The topological polar surface area (TPSA) is 42.0 Å². The smallest absolute Gasteiger partial charge is 0.270 e. The van der Waals surface area contributed by atoms with E-state index >= 15 is 0 Å². The van der Waals surface area contributed by atoms with Crippen LogP contribution in [-0.2, 0) is 0 Å². The lowest BCUT2D eigenvalue weighted by molar-refractivity contribution is 0.0933. The van der Waals surface area contributed by atoms with E-state index in [1.54, 1.807) is 11.3 Å². The van der Waals surface area contributed by atoms with Crippen molar-refractivity contribution in [1.29, 1.82) is 0 Å². The van der Waals surface area contributed by atoms with Crippen LogP contribution in [0, 0.1) is 0 Å². The van der Waals surface area contributed by atoms with Crippen molar-refractivity contribution in [2.75, 3.05) is 0 Å². The summed E-state index contributed by atoms with van der Waals surface area (Å²) in [5.41, 5.74) is 0.584. The zero-order valence-corrected chi connectivity index (χ0v) is 10.6. The highest BCUT2D eigenvalue weighted by Gasteiger charge is 2.19. The van der Waals surface area contributed by atoms with Crippen LogP contribution in [0.25, 0.3) is 0 Å². The van der Waals surface area contributed by atoms with Crippen LogP contribution < -0.4 is 5.32 Å². The average Bonchev–Trinajstić information content (AvgIpc) is 2.86. The van der Waals surface area contributed by atoms with Gasteiger partial charge in [0.2, 0.25) is 0 Å². The maximum Gasteiger partial charge on any atom is 0.270 e. The lowest BCUT2D eigenvalue weighted by Crippen LogP contribution is -2.32. The van der Waals surface area contributed by atoms with Gasteiger partial charge in [0.25, 0.3) is 5.91 Å². The quantitative estimate of drug-likeness (QED) is 0.879. The van der Waals surface area contributed by atoms with Crippen molar-refractivity contribution in [2.24, 2.45) is 0 Å². The largest absolute Gasteiger partial charge is 0.348 e. The molecule has 1 heterocycles. The van der Waals surface area contributed by atoms with Crippen molar-refractivity contribution >= 4 is 17.2 Å². The Morgan fingerprint density at radius 3 is 2.75 bits per heavy atom. The molecule has 1 saturated carbocycles. The Balaban J connectivity index is 1.97. The molecule has 88 valence electrons. The predicted octanol–water partition coefficient (Wildman–Crippen LogP) is 2.94. The van der Waals surface area contributed by atoms with Crippen LogP contribution in [0.15, 0.2) is 5.38 Å². The zero-order chi connectivity index (χ0) is 11.5. The van der Waals surface area contributed by atoms with Crippen molar-refractivity contribution in [3.05, 3.63) is 16.1 Å². The molecule has 4 heteroatoms. The number of hydrogen-bond acceptors (Lipinski definition) is 3. The number of thiazole rings is 1. The van der Waals surface area contributed by atoms with Crippen LogP contribution in [0.5, 0.6) is 0 Å². The lowest BCUT2D eigenvalue weighted by Gasteiger charge is -2.09. The van der Waals surface area contributed by atoms with E-state index in [0.717, 1.165) is 17.8 Å². The molecule has 0 spiro atoms. The van der Waals surface area contributed by atoms with Gasteiger partial charge in [-0.05, 0) is 12.8 Å². The third-order valence-corrected chi connectivity index (χ3v) is 4.08. The molecule has 1 amide bonds. The van der Waals surface area contributed by atoms with Gasteiger partial charge in [0.1, 0.15) is 5.69 Å². The minimum Gasteiger partial charge on any atom is -0.348 e. The van der Waals surface area contributed by atoms with Gasteiger partial charge < -0.3 is 5.32 Å². The summed E-state index contributed by atoms with van der Waals surface area (Å²) in [6.45, 7) is 4.19. The number of nitrogens with zero attached hydrogens (tertiary/aromatic N) is 1. The van der Waals surface area contributed by atoms with Crippen molar-refractivity contribution in [2.45, 2.75) is 51.5 Å². The van der Waals surface area contributed by atoms with E-state index in [1.807, 2.05) is 5.38 Å². The highest BCUT2D eigenvalue weighted by molar-refractivity contribution is 7.09. The molecular weight excluding hydrogens is 220 g/mol. The van der Waals surface area contributed by atoms with Gasteiger partial charge >= 0.3 is 0 Å². The van der Waals surface area contributed by atoms with Gasteiger partial charge in [0, 0.05) is 17.3 Å². The summed E-state index contributed by atoms with van der Waals surface area (Å²) in [4.78, 5) is 16.2. The Bertz CT molecular complexity index is 367. The Hall–Kier alpha value is -0.900. The van der Waals surface area contributed by atoms with Crippen molar-refractivity contribution in [3.63, 3.8) is 0 Å². The third kappa shape index (κ3) is 2.61. The van der Waals surface area contributed by atoms with Crippen LogP contribution in [0.2, 0.25) is 0 Å². The minimum absolute atomic E-state index is 0.00458. The number of rotatable bonds is 3. The molecule has 0 saturated heterocycles. The highest BCUT2D eigenvalue weighted by Crippen LogP contribution is 2.21. The maximum atomic E-state index is 11.9. The number of carbonyl (C=O) groups is 1. The number of amides is 1. The van der Waals surface area contributed by atoms with Gasteiger partial charge in [-0.1, -0.05) is 26.7 Å². The first kappa shape index (κ1) is 11.6.